The van der Waals surface area contributed by atoms with Gasteiger partial charge in [0.25, 0.3) is 5.91 Å². The molecule has 1 heterocycles. The lowest BCUT2D eigenvalue weighted by Crippen LogP contribution is -2.25. The number of hydrogen-bond donors (Lipinski definition) is 2. The summed E-state index contributed by atoms with van der Waals surface area (Å²) in [5.41, 5.74) is 0.217. The van der Waals surface area contributed by atoms with Crippen LogP contribution in [0.2, 0.25) is 5.02 Å². The maximum Gasteiger partial charge on any atom is 0.270 e. The van der Waals surface area contributed by atoms with Gasteiger partial charge >= 0.3 is 0 Å². The monoisotopic (exact) mass is 249 g/mol. The van der Waals surface area contributed by atoms with Crippen molar-refractivity contribution < 1.29 is 9.59 Å². The molecule has 0 atom stereocenters. The lowest BCUT2D eigenvalue weighted by atomic mass is 10.3. The number of aromatic nitrogens is 2. The van der Waals surface area contributed by atoms with Crippen LogP contribution in [-0.4, -0.2) is 27.9 Å². The van der Waals surface area contributed by atoms with Crippen molar-refractivity contribution in [3.05, 3.63) is 16.9 Å². The highest BCUT2D eigenvalue weighted by molar-refractivity contribution is 6.63. The Hall–Kier alpha value is -1.07. The van der Waals surface area contributed by atoms with Gasteiger partial charge in [0.15, 0.2) is 0 Å². The van der Waals surface area contributed by atoms with Gasteiger partial charge in [-0.2, -0.15) is 5.10 Å². The maximum absolute atomic E-state index is 11.4. The summed E-state index contributed by atoms with van der Waals surface area (Å²) in [6.07, 6.45) is 2.08. The quantitative estimate of drug-likeness (QED) is 0.611. The van der Waals surface area contributed by atoms with Gasteiger partial charge in [-0.1, -0.05) is 11.6 Å². The minimum absolute atomic E-state index is 0.217. The summed E-state index contributed by atoms with van der Waals surface area (Å²) in [4.78, 5) is 21.8. The van der Waals surface area contributed by atoms with Crippen molar-refractivity contribution in [2.24, 2.45) is 0 Å². The normalized spacial score (nSPS) is 10.0. The van der Waals surface area contributed by atoms with E-state index in [1.165, 1.54) is 6.20 Å². The fourth-order valence-corrected chi connectivity index (χ4v) is 1.26. The predicted molar refractivity (Wildman–Crippen MR) is 56.0 cm³/mol. The van der Waals surface area contributed by atoms with Crippen molar-refractivity contribution in [2.45, 2.75) is 12.8 Å². The molecule has 82 valence electrons. The van der Waals surface area contributed by atoms with E-state index in [0.29, 0.717) is 13.0 Å². The molecule has 0 aliphatic heterocycles. The van der Waals surface area contributed by atoms with E-state index >= 15 is 0 Å². The Labute approximate surface area is 96.1 Å². The average molecular weight is 250 g/mol. The van der Waals surface area contributed by atoms with Crippen LogP contribution in [0.4, 0.5) is 0 Å². The van der Waals surface area contributed by atoms with Gasteiger partial charge in [-0.05, 0) is 18.0 Å². The second-order valence-electron chi connectivity index (χ2n) is 2.81. The Morgan fingerprint density at radius 2 is 2.27 bits per heavy atom. The van der Waals surface area contributed by atoms with E-state index in [9.17, 15) is 9.59 Å². The number of hydrogen-bond acceptors (Lipinski definition) is 3. The van der Waals surface area contributed by atoms with Gasteiger partial charge in [0, 0.05) is 13.0 Å². The van der Waals surface area contributed by atoms with Gasteiger partial charge in [-0.25, -0.2) is 0 Å². The molecule has 15 heavy (non-hydrogen) atoms. The molecule has 0 aromatic carbocycles. The van der Waals surface area contributed by atoms with Crippen molar-refractivity contribution in [2.75, 3.05) is 6.54 Å². The van der Waals surface area contributed by atoms with Crippen LogP contribution in [0.5, 0.6) is 0 Å². The molecular formula is C8H9Cl2N3O2. The lowest BCUT2D eigenvalue weighted by Gasteiger charge is -2.01. The molecule has 0 aliphatic carbocycles. The largest absolute Gasteiger partial charge is 0.351 e. The summed E-state index contributed by atoms with van der Waals surface area (Å²) in [5, 5.41) is 8.50. The van der Waals surface area contributed by atoms with Crippen LogP contribution in [0.15, 0.2) is 6.20 Å². The fraction of sp³-hybridized carbons (Fsp3) is 0.375. The number of halogens is 2. The number of H-pyrrole nitrogens is 1. The van der Waals surface area contributed by atoms with Gasteiger partial charge in [-0.3, -0.25) is 14.7 Å². The number of amides is 1. The second-order valence-corrected chi connectivity index (χ2v) is 3.64. The molecule has 0 unspecified atom stereocenters. The minimum atomic E-state index is -0.413. The highest BCUT2D eigenvalue weighted by Crippen LogP contribution is 2.10. The number of nitrogens with zero attached hydrogens (tertiary/aromatic N) is 1. The molecule has 2 N–H and O–H groups in total. The summed E-state index contributed by atoms with van der Waals surface area (Å²) in [6.45, 7) is 0.368. The van der Waals surface area contributed by atoms with Gasteiger partial charge < -0.3 is 5.32 Å². The van der Waals surface area contributed by atoms with Crippen LogP contribution >= 0.6 is 23.2 Å². The van der Waals surface area contributed by atoms with Crippen molar-refractivity contribution in [1.29, 1.82) is 0 Å². The number of carbonyl (C=O) groups is 2. The first-order valence-corrected chi connectivity index (χ1v) is 5.02. The van der Waals surface area contributed by atoms with E-state index in [2.05, 4.69) is 15.5 Å². The maximum atomic E-state index is 11.4. The zero-order valence-corrected chi connectivity index (χ0v) is 9.23. The Bertz CT molecular complexity index is 365. The third-order valence-corrected chi connectivity index (χ3v) is 2.13. The highest BCUT2D eigenvalue weighted by Gasteiger charge is 2.11. The lowest BCUT2D eigenvalue weighted by molar-refractivity contribution is -0.111. The molecule has 0 radical (unpaired) electrons. The Balaban J connectivity index is 2.31. The van der Waals surface area contributed by atoms with Crippen LogP contribution in [0.3, 0.4) is 0 Å². The Morgan fingerprint density at radius 3 is 2.80 bits per heavy atom. The molecule has 1 amide bonds. The number of carbonyl (C=O) groups excluding carboxylic acids is 2. The molecule has 1 aromatic rings. The molecular weight excluding hydrogens is 241 g/mol. The summed E-state index contributed by atoms with van der Waals surface area (Å²) >= 11 is 10.8. The molecule has 1 aromatic heterocycles. The minimum Gasteiger partial charge on any atom is -0.351 e. The SMILES string of the molecule is O=C(Cl)CCCNC(=O)c1[nH]ncc1Cl. The molecule has 0 bridgehead atoms. The second kappa shape index (κ2) is 5.72. The van der Waals surface area contributed by atoms with Crippen molar-refractivity contribution in [3.63, 3.8) is 0 Å². The molecule has 0 saturated heterocycles. The predicted octanol–water partition coefficient (Wildman–Crippen LogP) is 1.34. The molecule has 0 spiro atoms. The zero-order chi connectivity index (χ0) is 11.3. The smallest absolute Gasteiger partial charge is 0.270 e. The van der Waals surface area contributed by atoms with Crippen LogP contribution in [0.25, 0.3) is 0 Å². The van der Waals surface area contributed by atoms with Gasteiger partial charge in [0.1, 0.15) is 5.69 Å². The fourth-order valence-electron chi connectivity index (χ4n) is 0.948. The topological polar surface area (TPSA) is 74.8 Å². The van der Waals surface area contributed by atoms with Crippen LogP contribution in [0, 0.1) is 0 Å². The standard InChI is InChI=1S/C8H9Cl2N3O2/c9-5-4-12-13-7(5)8(15)11-3-1-2-6(10)14/h4H,1-3H2,(H,11,15)(H,12,13). The van der Waals surface area contributed by atoms with Crippen LogP contribution in [0.1, 0.15) is 23.3 Å². The van der Waals surface area contributed by atoms with Crippen molar-refractivity contribution in [3.8, 4) is 0 Å². The number of nitrogens with one attached hydrogen (secondary N) is 2. The van der Waals surface area contributed by atoms with E-state index in [0.717, 1.165) is 0 Å². The van der Waals surface area contributed by atoms with E-state index < -0.39 is 5.24 Å². The number of aromatic amines is 1. The first-order valence-electron chi connectivity index (χ1n) is 4.26. The molecule has 0 fully saturated rings. The van der Waals surface area contributed by atoms with Gasteiger partial charge in [0.2, 0.25) is 5.24 Å². The summed E-state index contributed by atoms with van der Waals surface area (Å²) < 4.78 is 0. The van der Waals surface area contributed by atoms with E-state index in [1.54, 1.807) is 0 Å². The zero-order valence-electron chi connectivity index (χ0n) is 7.72. The molecule has 7 heteroatoms. The van der Waals surface area contributed by atoms with Gasteiger partial charge in [0.05, 0.1) is 11.2 Å². The summed E-state index contributed by atoms with van der Waals surface area (Å²) in [7, 11) is 0. The Kier molecular flexibility index (Phi) is 4.58. The van der Waals surface area contributed by atoms with Crippen LogP contribution < -0.4 is 5.32 Å². The third-order valence-electron chi connectivity index (χ3n) is 1.66. The third kappa shape index (κ3) is 3.89. The number of rotatable bonds is 5. The molecule has 0 saturated carbocycles. The van der Waals surface area contributed by atoms with E-state index in [4.69, 9.17) is 23.2 Å². The van der Waals surface area contributed by atoms with Gasteiger partial charge in [-0.15, -0.1) is 0 Å². The van der Waals surface area contributed by atoms with Crippen molar-refractivity contribution in [1.82, 2.24) is 15.5 Å². The summed E-state index contributed by atoms with van der Waals surface area (Å²) in [5.74, 6) is -0.348. The molecule has 5 nitrogen and oxygen atoms in total. The first-order chi connectivity index (χ1) is 7.11. The Morgan fingerprint density at radius 1 is 1.53 bits per heavy atom. The average Bonchev–Trinajstić information content (AvgIpc) is 2.58. The summed E-state index contributed by atoms with van der Waals surface area (Å²) in [6, 6.07) is 0. The highest BCUT2D eigenvalue weighted by atomic mass is 35.5. The van der Waals surface area contributed by atoms with E-state index in [1.807, 2.05) is 0 Å². The molecule has 1 rings (SSSR count). The van der Waals surface area contributed by atoms with E-state index in [-0.39, 0.29) is 23.0 Å². The molecule has 0 aliphatic rings. The van der Waals surface area contributed by atoms with Crippen LogP contribution in [-0.2, 0) is 4.79 Å². The first kappa shape index (κ1) is 12.0. The van der Waals surface area contributed by atoms with Crippen molar-refractivity contribution >= 4 is 34.4 Å².